The molecule has 6 heteroatoms. The molecule has 2 N–H and O–H groups in total. The monoisotopic (exact) mass is 235 g/mol. The van der Waals surface area contributed by atoms with Crippen molar-refractivity contribution in [3.05, 3.63) is 0 Å². The summed E-state index contributed by atoms with van der Waals surface area (Å²) in [7, 11) is 3.10. The first-order chi connectivity index (χ1) is 7.03. The molecule has 1 saturated heterocycles. The zero-order valence-electron chi connectivity index (χ0n) is 9.15. The molecule has 0 aromatic carbocycles. The Morgan fingerprint density at radius 1 is 1.60 bits per heavy atom. The summed E-state index contributed by atoms with van der Waals surface area (Å²) >= 11 is 1.62. The summed E-state index contributed by atoms with van der Waals surface area (Å²) in [6.45, 7) is 1.89. The lowest BCUT2D eigenvalue weighted by Gasteiger charge is -2.41. The molecule has 2 atom stereocenters. The van der Waals surface area contributed by atoms with Gasteiger partial charge in [-0.15, -0.1) is 11.8 Å². The molecule has 1 heterocycles. The van der Waals surface area contributed by atoms with Crippen LogP contribution in [-0.2, 0) is 14.3 Å². The van der Waals surface area contributed by atoms with Gasteiger partial charge in [-0.05, 0) is 19.1 Å². The third-order valence-corrected chi connectivity index (χ3v) is 3.80. The molecular formula is C9H17NO4S. The summed E-state index contributed by atoms with van der Waals surface area (Å²) in [6.07, 6.45) is 0.167. The van der Waals surface area contributed by atoms with E-state index in [1.54, 1.807) is 26.0 Å². The van der Waals surface area contributed by atoms with Crippen molar-refractivity contribution in [2.75, 3.05) is 20.0 Å². The minimum absolute atomic E-state index is 0.454. The smallest absolute Gasteiger partial charge is 0.320 e. The fourth-order valence-electron chi connectivity index (χ4n) is 1.72. The lowest BCUT2D eigenvalue weighted by molar-refractivity contribution is -0.146. The maximum absolute atomic E-state index is 10.9. The highest BCUT2D eigenvalue weighted by Crippen LogP contribution is 2.33. The van der Waals surface area contributed by atoms with Crippen molar-refractivity contribution in [2.24, 2.45) is 0 Å². The number of hydrogen-bond acceptors (Lipinski definition) is 5. The number of carbonyl (C=O) groups is 1. The van der Waals surface area contributed by atoms with Crippen LogP contribution in [0.5, 0.6) is 0 Å². The van der Waals surface area contributed by atoms with Gasteiger partial charge in [0.25, 0.3) is 0 Å². The Balaban J connectivity index is 2.71. The van der Waals surface area contributed by atoms with Gasteiger partial charge >= 0.3 is 5.97 Å². The Hall–Kier alpha value is -0.300. The van der Waals surface area contributed by atoms with Crippen molar-refractivity contribution < 1.29 is 19.4 Å². The van der Waals surface area contributed by atoms with Gasteiger partial charge in [-0.2, -0.15) is 0 Å². The van der Waals surface area contributed by atoms with Gasteiger partial charge in [-0.1, -0.05) is 0 Å². The molecule has 1 aliphatic heterocycles. The topological polar surface area (TPSA) is 67.8 Å². The van der Waals surface area contributed by atoms with E-state index in [1.807, 2.05) is 6.92 Å². The number of nitrogens with one attached hydrogen (secondary N) is 1. The number of carboxylic acid groups (broad SMARTS) is 1. The van der Waals surface area contributed by atoms with Crippen LogP contribution in [0, 0.1) is 0 Å². The number of aliphatic carboxylic acids is 1. The lowest BCUT2D eigenvalue weighted by Crippen LogP contribution is -2.59. The normalized spacial score (nSPS) is 31.9. The van der Waals surface area contributed by atoms with Crippen molar-refractivity contribution in [2.45, 2.75) is 30.5 Å². The van der Waals surface area contributed by atoms with Crippen molar-refractivity contribution in [1.82, 2.24) is 5.32 Å². The Kier molecular flexibility index (Phi) is 4.39. The van der Waals surface area contributed by atoms with Crippen LogP contribution in [0.2, 0.25) is 0 Å². The van der Waals surface area contributed by atoms with E-state index in [0.29, 0.717) is 6.42 Å². The molecule has 1 rings (SSSR count). The first-order valence-electron chi connectivity index (χ1n) is 4.73. The Bertz CT molecular complexity index is 234. The third-order valence-electron chi connectivity index (χ3n) is 2.45. The van der Waals surface area contributed by atoms with E-state index in [4.69, 9.17) is 14.6 Å². The zero-order chi connectivity index (χ0) is 11.5. The first-order valence-corrected chi connectivity index (χ1v) is 5.72. The summed E-state index contributed by atoms with van der Waals surface area (Å²) in [5.41, 5.74) is 0. The molecule has 0 bridgehead atoms. The SMILES string of the molecule is COC(OC)C1(C)NC(C(=O)O)CCS1. The number of ether oxygens (including phenoxy) is 2. The highest BCUT2D eigenvalue weighted by Gasteiger charge is 2.42. The second-order valence-corrected chi connectivity index (χ2v) is 5.13. The van der Waals surface area contributed by atoms with Crippen LogP contribution in [0.15, 0.2) is 0 Å². The average molecular weight is 235 g/mol. The van der Waals surface area contributed by atoms with Crippen molar-refractivity contribution in [3.8, 4) is 0 Å². The Morgan fingerprint density at radius 2 is 2.20 bits per heavy atom. The largest absolute Gasteiger partial charge is 0.480 e. The highest BCUT2D eigenvalue weighted by molar-refractivity contribution is 8.00. The average Bonchev–Trinajstić information content (AvgIpc) is 2.19. The van der Waals surface area contributed by atoms with Gasteiger partial charge in [0.05, 0.1) is 0 Å². The van der Waals surface area contributed by atoms with Gasteiger partial charge in [0.1, 0.15) is 10.9 Å². The molecule has 0 aliphatic carbocycles. The molecule has 1 aliphatic rings. The van der Waals surface area contributed by atoms with Gasteiger partial charge in [0.2, 0.25) is 0 Å². The van der Waals surface area contributed by atoms with E-state index < -0.39 is 23.2 Å². The fourth-order valence-corrected chi connectivity index (χ4v) is 3.05. The molecule has 5 nitrogen and oxygen atoms in total. The maximum atomic E-state index is 10.9. The summed E-state index contributed by atoms with van der Waals surface area (Å²) in [6, 6.07) is -0.524. The molecule has 0 aromatic rings. The fraction of sp³-hybridized carbons (Fsp3) is 0.889. The standard InChI is InChI=1S/C9H17NO4S/c1-9(8(13-2)14-3)10-6(7(11)12)4-5-15-9/h6,8,10H,4-5H2,1-3H3,(H,11,12). The minimum atomic E-state index is -0.826. The second kappa shape index (κ2) is 5.16. The quantitative estimate of drug-likeness (QED) is 0.692. The summed E-state index contributed by atoms with van der Waals surface area (Å²) in [5, 5.41) is 12.0. The molecule has 15 heavy (non-hydrogen) atoms. The molecule has 0 saturated carbocycles. The molecule has 0 aromatic heterocycles. The lowest BCUT2D eigenvalue weighted by atomic mass is 10.1. The van der Waals surface area contributed by atoms with Crippen LogP contribution in [0.4, 0.5) is 0 Å². The van der Waals surface area contributed by atoms with Gasteiger partial charge in [-0.3, -0.25) is 10.1 Å². The van der Waals surface area contributed by atoms with Crippen LogP contribution in [0.3, 0.4) is 0 Å². The van der Waals surface area contributed by atoms with Crippen LogP contribution in [0.1, 0.15) is 13.3 Å². The highest BCUT2D eigenvalue weighted by atomic mass is 32.2. The van der Waals surface area contributed by atoms with E-state index in [1.165, 1.54) is 0 Å². The van der Waals surface area contributed by atoms with Crippen molar-refractivity contribution in [1.29, 1.82) is 0 Å². The summed E-state index contributed by atoms with van der Waals surface area (Å²) in [5.74, 6) is -0.0450. The maximum Gasteiger partial charge on any atom is 0.320 e. The van der Waals surface area contributed by atoms with Crippen molar-refractivity contribution in [3.63, 3.8) is 0 Å². The summed E-state index contributed by atoms with van der Waals surface area (Å²) < 4.78 is 10.3. The van der Waals surface area contributed by atoms with Crippen LogP contribution in [-0.4, -0.2) is 48.3 Å². The number of rotatable bonds is 4. The van der Waals surface area contributed by atoms with E-state index >= 15 is 0 Å². The van der Waals surface area contributed by atoms with Gasteiger partial charge in [0.15, 0.2) is 6.29 Å². The van der Waals surface area contributed by atoms with E-state index in [-0.39, 0.29) is 0 Å². The van der Waals surface area contributed by atoms with Gasteiger partial charge < -0.3 is 14.6 Å². The van der Waals surface area contributed by atoms with E-state index in [0.717, 1.165) is 5.75 Å². The predicted octanol–water partition coefficient (Wildman–Crippen LogP) is 0.501. The molecule has 0 spiro atoms. The first kappa shape index (κ1) is 12.8. The van der Waals surface area contributed by atoms with Gasteiger partial charge in [0, 0.05) is 14.2 Å². The minimum Gasteiger partial charge on any atom is -0.480 e. The number of methoxy groups -OCH3 is 2. The van der Waals surface area contributed by atoms with E-state index in [9.17, 15) is 4.79 Å². The Morgan fingerprint density at radius 3 is 2.67 bits per heavy atom. The second-order valence-electron chi connectivity index (χ2n) is 3.58. The van der Waals surface area contributed by atoms with Crippen molar-refractivity contribution >= 4 is 17.7 Å². The third kappa shape index (κ3) is 2.84. The van der Waals surface area contributed by atoms with Gasteiger partial charge in [-0.25, -0.2) is 0 Å². The molecule has 0 amide bonds. The molecular weight excluding hydrogens is 218 g/mol. The summed E-state index contributed by atoms with van der Waals surface area (Å²) in [4.78, 5) is 10.4. The van der Waals surface area contributed by atoms with Crippen LogP contribution < -0.4 is 5.32 Å². The Labute approximate surface area is 93.5 Å². The van der Waals surface area contributed by atoms with Crippen LogP contribution >= 0.6 is 11.8 Å². The molecule has 0 radical (unpaired) electrons. The zero-order valence-corrected chi connectivity index (χ0v) is 9.97. The number of hydrogen-bond donors (Lipinski definition) is 2. The molecule has 88 valence electrons. The van der Waals surface area contributed by atoms with E-state index in [2.05, 4.69) is 5.32 Å². The molecule has 1 fully saturated rings. The van der Waals surface area contributed by atoms with Crippen LogP contribution in [0.25, 0.3) is 0 Å². The number of carboxylic acids is 1. The number of thioether (sulfide) groups is 1. The predicted molar refractivity (Wildman–Crippen MR) is 57.8 cm³/mol. The molecule has 2 unspecified atom stereocenters.